The molecule has 2 heterocycles. The molecule has 0 atom stereocenters. The molecule has 1 fully saturated rings. The largest absolute Gasteiger partial charge is 0.492 e. The lowest BCUT2D eigenvalue weighted by atomic mass is 10.1. The zero-order valence-electron chi connectivity index (χ0n) is 13.3. The second-order valence-electron chi connectivity index (χ2n) is 5.62. The van der Waals surface area contributed by atoms with Gasteiger partial charge in [-0.1, -0.05) is 20.8 Å². The van der Waals surface area contributed by atoms with Gasteiger partial charge in [0.05, 0.1) is 17.7 Å². The highest BCUT2D eigenvalue weighted by atomic mass is 32.1. The van der Waals surface area contributed by atoms with Crippen molar-refractivity contribution in [3.05, 3.63) is 4.88 Å². The van der Waals surface area contributed by atoms with Crippen LogP contribution in [-0.2, 0) is 0 Å². The number of methoxy groups -OCH3 is 1. The van der Waals surface area contributed by atoms with Crippen molar-refractivity contribution in [1.29, 1.82) is 0 Å². The molecule has 2 N–H and O–H groups in total. The SMILES string of the molecule is CCN1CCN(c2sc(C(=O)C(C)C)c(N)c2OC)CC1. The summed E-state index contributed by atoms with van der Waals surface area (Å²) in [6, 6.07) is 0. The number of ether oxygens (including phenoxy) is 1. The van der Waals surface area contributed by atoms with E-state index in [1.54, 1.807) is 7.11 Å². The van der Waals surface area contributed by atoms with Crippen LogP contribution >= 0.6 is 11.3 Å². The van der Waals surface area contributed by atoms with Crippen molar-refractivity contribution in [3.8, 4) is 5.75 Å². The van der Waals surface area contributed by atoms with E-state index in [1.165, 1.54) is 11.3 Å². The Labute approximate surface area is 130 Å². The van der Waals surface area contributed by atoms with Crippen LogP contribution in [-0.4, -0.2) is 50.5 Å². The number of thiophene rings is 1. The van der Waals surface area contributed by atoms with Crippen LogP contribution in [0, 0.1) is 5.92 Å². The average Bonchev–Trinajstić information content (AvgIpc) is 2.83. The van der Waals surface area contributed by atoms with Gasteiger partial charge in [-0.2, -0.15) is 0 Å². The molecule has 0 bridgehead atoms. The quantitative estimate of drug-likeness (QED) is 0.846. The fourth-order valence-electron chi connectivity index (χ4n) is 2.53. The zero-order valence-corrected chi connectivity index (χ0v) is 14.1. The Hall–Kier alpha value is -1.27. The van der Waals surface area contributed by atoms with Gasteiger partial charge in [0, 0.05) is 32.1 Å². The molecule has 118 valence electrons. The molecule has 0 amide bonds. The molecular formula is C15H25N3O2S. The summed E-state index contributed by atoms with van der Waals surface area (Å²) in [5, 5.41) is 0.995. The third-order valence-corrected chi connectivity index (χ3v) is 5.20. The number of likely N-dealkylation sites (N-methyl/N-ethyl adjacent to an activating group) is 1. The molecule has 0 aliphatic carbocycles. The third-order valence-electron chi connectivity index (χ3n) is 3.94. The Morgan fingerprint density at radius 3 is 2.43 bits per heavy atom. The summed E-state index contributed by atoms with van der Waals surface area (Å²) in [6.07, 6.45) is 0. The van der Waals surface area contributed by atoms with Gasteiger partial charge in [0.15, 0.2) is 11.5 Å². The monoisotopic (exact) mass is 311 g/mol. The number of Topliss-reactive ketones (excluding diaryl/α,β-unsaturated/α-hetero) is 1. The van der Waals surface area contributed by atoms with E-state index in [9.17, 15) is 4.79 Å². The second-order valence-corrected chi connectivity index (χ2v) is 6.62. The normalized spacial score (nSPS) is 16.5. The van der Waals surface area contributed by atoms with Gasteiger partial charge in [-0.3, -0.25) is 4.79 Å². The molecule has 1 aliphatic heterocycles. The minimum Gasteiger partial charge on any atom is -0.492 e. The van der Waals surface area contributed by atoms with E-state index in [4.69, 9.17) is 10.5 Å². The molecule has 1 aromatic rings. The topological polar surface area (TPSA) is 58.8 Å². The second kappa shape index (κ2) is 6.66. The number of piperazine rings is 1. The average molecular weight is 311 g/mol. The highest BCUT2D eigenvalue weighted by Gasteiger charge is 2.27. The Bertz CT molecular complexity index is 505. The van der Waals surface area contributed by atoms with Crippen molar-refractivity contribution in [2.45, 2.75) is 20.8 Å². The summed E-state index contributed by atoms with van der Waals surface area (Å²) in [6.45, 7) is 11.0. The number of hydrogen-bond donors (Lipinski definition) is 1. The summed E-state index contributed by atoms with van der Waals surface area (Å²) in [7, 11) is 1.62. The number of rotatable bonds is 5. The first kappa shape index (κ1) is 16.1. The van der Waals surface area contributed by atoms with Gasteiger partial charge in [0.25, 0.3) is 0 Å². The Balaban J connectivity index is 2.27. The maximum absolute atomic E-state index is 12.3. The van der Waals surface area contributed by atoms with Gasteiger partial charge in [-0.05, 0) is 6.54 Å². The van der Waals surface area contributed by atoms with Crippen LogP contribution in [0.25, 0.3) is 0 Å². The van der Waals surface area contributed by atoms with E-state index in [-0.39, 0.29) is 11.7 Å². The molecule has 2 rings (SSSR count). The van der Waals surface area contributed by atoms with Crippen molar-refractivity contribution in [3.63, 3.8) is 0 Å². The number of hydrogen-bond acceptors (Lipinski definition) is 6. The summed E-state index contributed by atoms with van der Waals surface area (Å²) in [4.78, 5) is 17.6. The molecule has 1 aliphatic rings. The molecule has 6 heteroatoms. The first-order chi connectivity index (χ1) is 9.99. The van der Waals surface area contributed by atoms with Crippen molar-refractivity contribution in [2.75, 3.05) is 50.5 Å². The lowest BCUT2D eigenvalue weighted by Crippen LogP contribution is -2.46. The number of ketones is 1. The summed E-state index contributed by atoms with van der Waals surface area (Å²) < 4.78 is 5.47. The molecule has 1 saturated heterocycles. The van der Waals surface area contributed by atoms with Crippen LogP contribution in [0.2, 0.25) is 0 Å². The van der Waals surface area contributed by atoms with Gasteiger partial charge >= 0.3 is 0 Å². The van der Waals surface area contributed by atoms with E-state index in [1.807, 2.05) is 13.8 Å². The number of carbonyl (C=O) groups is 1. The minimum absolute atomic E-state index is 0.0551. The highest BCUT2D eigenvalue weighted by Crippen LogP contribution is 2.45. The van der Waals surface area contributed by atoms with E-state index in [0.717, 1.165) is 37.7 Å². The van der Waals surface area contributed by atoms with E-state index in [2.05, 4.69) is 16.7 Å². The summed E-state index contributed by atoms with van der Waals surface area (Å²) in [5.41, 5.74) is 6.64. The fourth-order valence-corrected chi connectivity index (χ4v) is 3.86. The first-order valence-electron chi connectivity index (χ1n) is 7.47. The smallest absolute Gasteiger partial charge is 0.177 e. The van der Waals surface area contributed by atoms with Crippen LogP contribution in [0.4, 0.5) is 10.7 Å². The summed E-state index contributed by atoms with van der Waals surface area (Å²) >= 11 is 1.47. The molecule has 5 nitrogen and oxygen atoms in total. The molecule has 0 spiro atoms. The van der Waals surface area contributed by atoms with E-state index < -0.39 is 0 Å². The number of nitrogen functional groups attached to an aromatic ring is 1. The third kappa shape index (κ3) is 3.16. The van der Waals surface area contributed by atoms with Gasteiger partial charge in [0.2, 0.25) is 0 Å². The molecule has 21 heavy (non-hydrogen) atoms. The fraction of sp³-hybridized carbons (Fsp3) is 0.667. The molecule has 0 radical (unpaired) electrons. The number of anilines is 2. The Morgan fingerprint density at radius 1 is 1.33 bits per heavy atom. The molecular weight excluding hydrogens is 286 g/mol. The summed E-state index contributed by atoms with van der Waals surface area (Å²) in [5.74, 6) is 0.698. The van der Waals surface area contributed by atoms with E-state index >= 15 is 0 Å². The number of carbonyl (C=O) groups excluding carboxylic acids is 1. The van der Waals surface area contributed by atoms with Crippen molar-refractivity contribution in [2.24, 2.45) is 5.92 Å². The van der Waals surface area contributed by atoms with E-state index in [0.29, 0.717) is 16.3 Å². The van der Waals surface area contributed by atoms with Gasteiger partial charge in [-0.15, -0.1) is 11.3 Å². The Morgan fingerprint density at radius 2 is 1.95 bits per heavy atom. The zero-order chi connectivity index (χ0) is 15.6. The molecule has 0 unspecified atom stereocenters. The molecule has 1 aromatic heterocycles. The van der Waals surface area contributed by atoms with Crippen LogP contribution in [0.5, 0.6) is 5.75 Å². The Kier molecular flexibility index (Phi) is 5.11. The first-order valence-corrected chi connectivity index (χ1v) is 8.29. The van der Waals surface area contributed by atoms with Crippen LogP contribution in [0.15, 0.2) is 0 Å². The van der Waals surface area contributed by atoms with Crippen LogP contribution in [0.1, 0.15) is 30.4 Å². The number of nitrogens with zero attached hydrogens (tertiary/aromatic N) is 2. The van der Waals surface area contributed by atoms with Gasteiger partial charge in [0.1, 0.15) is 5.00 Å². The highest BCUT2D eigenvalue weighted by molar-refractivity contribution is 7.19. The van der Waals surface area contributed by atoms with Crippen LogP contribution < -0.4 is 15.4 Å². The van der Waals surface area contributed by atoms with Crippen molar-refractivity contribution in [1.82, 2.24) is 4.90 Å². The molecule has 0 saturated carbocycles. The van der Waals surface area contributed by atoms with Gasteiger partial charge in [-0.25, -0.2) is 0 Å². The van der Waals surface area contributed by atoms with Crippen molar-refractivity contribution >= 4 is 27.8 Å². The lowest BCUT2D eigenvalue weighted by molar-refractivity contribution is 0.0944. The predicted octanol–water partition coefficient (Wildman–Crippen LogP) is 2.32. The molecule has 0 aromatic carbocycles. The number of nitrogens with two attached hydrogens (primary N) is 1. The lowest BCUT2D eigenvalue weighted by Gasteiger charge is -2.34. The maximum Gasteiger partial charge on any atom is 0.177 e. The van der Waals surface area contributed by atoms with Gasteiger partial charge < -0.3 is 20.3 Å². The minimum atomic E-state index is -0.0551. The van der Waals surface area contributed by atoms with Crippen LogP contribution in [0.3, 0.4) is 0 Å². The standard InChI is InChI=1S/C15H25N3O2S/c1-5-17-6-8-18(9-7-17)15-13(20-4)11(16)14(21-15)12(19)10(2)3/h10H,5-9,16H2,1-4H3. The van der Waals surface area contributed by atoms with Crippen molar-refractivity contribution < 1.29 is 9.53 Å². The maximum atomic E-state index is 12.3. The predicted molar refractivity (Wildman–Crippen MR) is 88.8 cm³/mol.